The molecule has 2 aromatic rings. The molecule has 0 bridgehead atoms. The Bertz CT molecular complexity index is 690. The van der Waals surface area contributed by atoms with E-state index in [1.54, 1.807) is 7.05 Å². The maximum absolute atomic E-state index is 12.4. The van der Waals surface area contributed by atoms with E-state index in [9.17, 15) is 9.59 Å². The fourth-order valence-corrected chi connectivity index (χ4v) is 2.11. The number of hydrogen-bond acceptors (Lipinski definition) is 3. The molecule has 1 heterocycles. The van der Waals surface area contributed by atoms with E-state index in [1.807, 2.05) is 32.0 Å². The second-order valence-corrected chi connectivity index (χ2v) is 4.92. The van der Waals surface area contributed by atoms with Crippen LogP contribution < -0.4 is 4.90 Å². The number of nitrogens with zero attached hydrogens (tertiary/aromatic N) is 2. The Morgan fingerprint density at radius 2 is 1.62 bits per heavy atom. The van der Waals surface area contributed by atoms with Gasteiger partial charge in [0, 0.05) is 12.7 Å². The fourth-order valence-electron chi connectivity index (χ4n) is 2.11. The Kier molecular flexibility index (Phi) is 4.03. The lowest BCUT2D eigenvalue weighted by atomic mass is 10.1. The number of aryl methyl sites for hydroxylation is 2. The highest BCUT2D eigenvalue weighted by atomic mass is 16.4. The molecule has 0 saturated carbocycles. The summed E-state index contributed by atoms with van der Waals surface area (Å²) in [6.45, 7) is 3.91. The molecule has 1 aromatic heterocycles. The summed E-state index contributed by atoms with van der Waals surface area (Å²) in [4.78, 5) is 28.7. The number of anilines is 1. The molecule has 5 heteroatoms. The molecule has 0 radical (unpaired) electrons. The molecular formula is C16H16N2O3. The van der Waals surface area contributed by atoms with Gasteiger partial charge in [0.15, 0.2) is 0 Å². The van der Waals surface area contributed by atoms with Crippen LogP contribution in [-0.2, 0) is 0 Å². The molecule has 21 heavy (non-hydrogen) atoms. The molecule has 0 aliphatic heterocycles. The summed E-state index contributed by atoms with van der Waals surface area (Å²) >= 11 is 0. The van der Waals surface area contributed by atoms with Gasteiger partial charge in [0.1, 0.15) is 11.4 Å². The molecule has 0 spiro atoms. The van der Waals surface area contributed by atoms with E-state index in [0.29, 0.717) is 0 Å². The van der Waals surface area contributed by atoms with Crippen molar-refractivity contribution in [3.05, 3.63) is 58.9 Å². The minimum Gasteiger partial charge on any atom is -0.477 e. The Hall–Kier alpha value is -2.69. The van der Waals surface area contributed by atoms with E-state index in [4.69, 9.17) is 5.11 Å². The van der Waals surface area contributed by atoms with Crippen molar-refractivity contribution in [2.75, 3.05) is 11.9 Å². The molecule has 0 aliphatic carbocycles. The van der Waals surface area contributed by atoms with Gasteiger partial charge < -0.3 is 10.0 Å². The van der Waals surface area contributed by atoms with Crippen LogP contribution in [0.1, 0.15) is 32.1 Å². The van der Waals surface area contributed by atoms with Crippen molar-refractivity contribution in [2.45, 2.75) is 13.8 Å². The van der Waals surface area contributed by atoms with Crippen LogP contribution >= 0.6 is 0 Å². The molecule has 1 N–H and O–H groups in total. The normalized spacial score (nSPS) is 10.2. The molecular weight excluding hydrogens is 268 g/mol. The first-order valence-electron chi connectivity index (χ1n) is 6.45. The Balaban J connectivity index is 2.34. The highest BCUT2D eigenvalue weighted by molar-refractivity contribution is 6.05. The smallest absolute Gasteiger partial charge is 0.354 e. The van der Waals surface area contributed by atoms with Crippen molar-refractivity contribution in [2.24, 2.45) is 0 Å². The predicted octanol–water partition coefficient (Wildman–Crippen LogP) is 2.67. The Morgan fingerprint density at radius 3 is 2.19 bits per heavy atom. The van der Waals surface area contributed by atoms with E-state index < -0.39 is 5.97 Å². The van der Waals surface area contributed by atoms with Crippen LogP contribution in [0.4, 0.5) is 5.69 Å². The predicted molar refractivity (Wildman–Crippen MR) is 79.8 cm³/mol. The second kappa shape index (κ2) is 5.75. The third-order valence-corrected chi connectivity index (χ3v) is 3.09. The molecule has 5 nitrogen and oxygen atoms in total. The van der Waals surface area contributed by atoms with Gasteiger partial charge in [0.2, 0.25) is 0 Å². The first kappa shape index (κ1) is 14.7. The van der Waals surface area contributed by atoms with Crippen molar-refractivity contribution >= 4 is 17.6 Å². The Labute approximate surface area is 122 Å². The first-order chi connectivity index (χ1) is 9.88. The van der Waals surface area contributed by atoms with Gasteiger partial charge in [-0.15, -0.1) is 0 Å². The summed E-state index contributed by atoms with van der Waals surface area (Å²) in [5, 5.41) is 8.93. The van der Waals surface area contributed by atoms with Crippen molar-refractivity contribution in [3.8, 4) is 0 Å². The Morgan fingerprint density at radius 1 is 1.05 bits per heavy atom. The van der Waals surface area contributed by atoms with E-state index in [0.717, 1.165) is 16.8 Å². The number of benzene rings is 1. The third-order valence-electron chi connectivity index (χ3n) is 3.09. The summed E-state index contributed by atoms with van der Waals surface area (Å²) in [5.41, 5.74) is 2.82. The van der Waals surface area contributed by atoms with Crippen molar-refractivity contribution in [1.29, 1.82) is 0 Å². The standard InChI is InChI=1S/C16H16N2O3/c1-10-7-11(2)9-12(8-10)18(3)15(19)13-5-4-6-14(17-13)16(20)21/h4-9H,1-3H3,(H,20,21). The van der Waals surface area contributed by atoms with Crippen LogP contribution in [0.5, 0.6) is 0 Å². The number of carbonyl (C=O) groups is 2. The second-order valence-electron chi connectivity index (χ2n) is 4.92. The summed E-state index contributed by atoms with van der Waals surface area (Å²) in [6, 6.07) is 10.2. The zero-order chi connectivity index (χ0) is 15.6. The minimum absolute atomic E-state index is 0.108. The summed E-state index contributed by atoms with van der Waals surface area (Å²) in [5.74, 6) is -1.50. The lowest BCUT2D eigenvalue weighted by Gasteiger charge is -2.18. The van der Waals surface area contributed by atoms with Gasteiger partial charge in [-0.3, -0.25) is 4.79 Å². The average Bonchev–Trinajstić information content (AvgIpc) is 2.44. The highest BCUT2D eigenvalue weighted by Crippen LogP contribution is 2.19. The van der Waals surface area contributed by atoms with Gasteiger partial charge in [0.05, 0.1) is 0 Å². The third kappa shape index (κ3) is 3.25. The molecule has 1 amide bonds. The number of hydrogen-bond donors (Lipinski definition) is 1. The van der Waals surface area contributed by atoms with Crippen LogP contribution in [-0.4, -0.2) is 29.0 Å². The van der Waals surface area contributed by atoms with Gasteiger partial charge in [-0.05, 0) is 49.2 Å². The molecule has 0 aliphatic rings. The minimum atomic E-state index is -1.15. The average molecular weight is 284 g/mol. The summed E-state index contributed by atoms with van der Waals surface area (Å²) in [7, 11) is 1.64. The lowest BCUT2D eigenvalue weighted by Crippen LogP contribution is -2.27. The largest absolute Gasteiger partial charge is 0.477 e. The van der Waals surface area contributed by atoms with E-state index in [-0.39, 0.29) is 17.3 Å². The summed E-state index contributed by atoms with van der Waals surface area (Å²) < 4.78 is 0. The number of carboxylic acids is 1. The number of amides is 1. The zero-order valence-electron chi connectivity index (χ0n) is 12.1. The van der Waals surface area contributed by atoms with Gasteiger partial charge in [-0.1, -0.05) is 12.1 Å². The number of carbonyl (C=O) groups excluding carboxylic acids is 1. The van der Waals surface area contributed by atoms with Crippen LogP contribution in [0.25, 0.3) is 0 Å². The fraction of sp³-hybridized carbons (Fsp3) is 0.188. The maximum Gasteiger partial charge on any atom is 0.354 e. The van der Waals surface area contributed by atoms with E-state index >= 15 is 0 Å². The number of aromatic nitrogens is 1. The van der Waals surface area contributed by atoms with Crippen molar-refractivity contribution < 1.29 is 14.7 Å². The molecule has 0 unspecified atom stereocenters. The molecule has 0 fully saturated rings. The van der Waals surface area contributed by atoms with E-state index in [2.05, 4.69) is 4.98 Å². The SMILES string of the molecule is Cc1cc(C)cc(N(C)C(=O)c2cccc(C(=O)O)n2)c1. The molecule has 1 aromatic carbocycles. The van der Waals surface area contributed by atoms with Crippen molar-refractivity contribution in [3.63, 3.8) is 0 Å². The van der Waals surface area contributed by atoms with Crippen LogP contribution in [0.3, 0.4) is 0 Å². The molecule has 0 atom stereocenters. The summed E-state index contributed by atoms with van der Waals surface area (Å²) in [6.07, 6.45) is 0. The maximum atomic E-state index is 12.4. The van der Waals surface area contributed by atoms with Crippen LogP contribution in [0.2, 0.25) is 0 Å². The number of rotatable bonds is 3. The van der Waals surface area contributed by atoms with Gasteiger partial charge in [-0.2, -0.15) is 0 Å². The zero-order valence-corrected chi connectivity index (χ0v) is 12.1. The molecule has 2 rings (SSSR count). The van der Waals surface area contributed by atoms with Gasteiger partial charge in [-0.25, -0.2) is 9.78 Å². The monoisotopic (exact) mass is 284 g/mol. The topological polar surface area (TPSA) is 70.5 Å². The molecule has 0 saturated heterocycles. The van der Waals surface area contributed by atoms with E-state index in [1.165, 1.54) is 23.1 Å². The van der Waals surface area contributed by atoms with Crippen LogP contribution in [0.15, 0.2) is 36.4 Å². The van der Waals surface area contributed by atoms with Gasteiger partial charge >= 0.3 is 5.97 Å². The quantitative estimate of drug-likeness (QED) is 0.940. The number of carboxylic acid groups (broad SMARTS) is 1. The van der Waals surface area contributed by atoms with Crippen molar-refractivity contribution in [1.82, 2.24) is 4.98 Å². The highest BCUT2D eigenvalue weighted by Gasteiger charge is 2.17. The lowest BCUT2D eigenvalue weighted by molar-refractivity contribution is 0.0690. The number of pyridine rings is 1. The van der Waals surface area contributed by atoms with Gasteiger partial charge in [0.25, 0.3) is 5.91 Å². The van der Waals surface area contributed by atoms with Crippen LogP contribution in [0, 0.1) is 13.8 Å². The first-order valence-corrected chi connectivity index (χ1v) is 6.45. The number of aromatic carboxylic acids is 1. The molecule has 108 valence electrons.